The summed E-state index contributed by atoms with van der Waals surface area (Å²) in [6, 6.07) is 4.47. The van der Waals surface area contributed by atoms with Gasteiger partial charge in [0.2, 0.25) is 0 Å². The first-order valence-electron chi connectivity index (χ1n) is 5.57. The topological polar surface area (TPSA) is 55.1 Å². The van der Waals surface area contributed by atoms with Gasteiger partial charge in [-0.15, -0.1) is 12.4 Å². The van der Waals surface area contributed by atoms with E-state index in [4.69, 9.17) is 5.73 Å². The maximum atomic E-state index is 13.3. The van der Waals surface area contributed by atoms with Crippen LogP contribution in [0.4, 0.5) is 4.39 Å². The Morgan fingerprint density at radius 2 is 2.22 bits per heavy atom. The van der Waals surface area contributed by atoms with Crippen molar-refractivity contribution in [2.24, 2.45) is 11.7 Å². The second kappa shape index (κ2) is 6.68. The first kappa shape index (κ1) is 15.7. The molecule has 1 atom stereocenters. The molecule has 0 saturated heterocycles. The number of carbonyl (C=O) groups excluding carboxylic acids is 1. The molecule has 0 radical (unpaired) electrons. The number of rotatable bonds is 4. The largest absolute Gasteiger partial charge is 0.350 e. The molecule has 3 nitrogen and oxygen atoms in total. The fourth-order valence-electron chi connectivity index (χ4n) is 1.64. The Kier molecular flexibility index (Phi) is 5.81. The van der Waals surface area contributed by atoms with Crippen molar-refractivity contribution in [1.29, 1.82) is 0 Å². The van der Waals surface area contributed by atoms with Crippen LogP contribution in [0.3, 0.4) is 0 Å². The summed E-state index contributed by atoms with van der Waals surface area (Å²) < 4.78 is 13.8. The van der Waals surface area contributed by atoms with Gasteiger partial charge in [-0.3, -0.25) is 4.79 Å². The van der Waals surface area contributed by atoms with Crippen molar-refractivity contribution < 1.29 is 9.18 Å². The van der Waals surface area contributed by atoms with Gasteiger partial charge >= 0.3 is 0 Å². The van der Waals surface area contributed by atoms with Crippen LogP contribution in [0.2, 0.25) is 0 Å². The SMILES string of the molecule is Cl.NC(CNC(=O)c1ccc(I)c(F)c1)C1CC1. The molecule has 3 N–H and O–H groups in total. The van der Waals surface area contributed by atoms with Crippen LogP contribution in [0.25, 0.3) is 0 Å². The van der Waals surface area contributed by atoms with Crippen molar-refractivity contribution in [3.8, 4) is 0 Å². The maximum absolute atomic E-state index is 13.3. The van der Waals surface area contributed by atoms with Gasteiger partial charge in [-0.05, 0) is 59.5 Å². The minimum atomic E-state index is -0.371. The number of amides is 1. The molecule has 6 heteroatoms. The molecule has 1 unspecified atom stereocenters. The molecule has 0 spiro atoms. The minimum Gasteiger partial charge on any atom is -0.350 e. The van der Waals surface area contributed by atoms with Gasteiger partial charge in [0.25, 0.3) is 5.91 Å². The summed E-state index contributed by atoms with van der Waals surface area (Å²) in [5, 5.41) is 2.73. The summed E-state index contributed by atoms with van der Waals surface area (Å²) in [5.74, 6) is -0.0927. The van der Waals surface area contributed by atoms with Gasteiger partial charge in [0.1, 0.15) is 5.82 Å². The third-order valence-corrected chi connectivity index (χ3v) is 3.78. The van der Waals surface area contributed by atoms with Gasteiger partial charge in [0, 0.05) is 21.7 Å². The van der Waals surface area contributed by atoms with Crippen LogP contribution in [0, 0.1) is 15.3 Å². The average molecular weight is 385 g/mol. The van der Waals surface area contributed by atoms with E-state index in [9.17, 15) is 9.18 Å². The van der Waals surface area contributed by atoms with E-state index < -0.39 is 0 Å². The Balaban J connectivity index is 0.00000162. The maximum Gasteiger partial charge on any atom is 0.251 e. The summed E-state index contributed by atoms with van der Waals surface area (Å²) in [5.41, 5.74) is 6.21. The summed E-state index contributed by atoms with van der Waals surface area (Å²) in [7, 11) is 0. The van der Waals surface area contributed by atoms with Crippen LogP contribution in [-0.2, 0) is 0 Å². The van der Waals surface area contributed by atoms with Crippen LogP contribution >= 0.6 is 35.0 Å². The number of halogens is 3. The van der Waals surface area contributed by atoms with Gasteiger partial charge in [-0.25, -0.2) is 4.39 Å². The number of hydrogen-bond donors (Lipinski definition) is 2. The van der Waals surface area contributed by atoms with Crippen molar-refractivity contribution in [2.45, 2.75) is 18.9 Å². The normalized spacial score (nSPS) is 15.7. The lowest BCUT2D eigenvalue weighted by Crippen LogP contribution is -2.38. The van der Waals surface area contributed by atoms with Crippen molar-refractivity contribution in [3.63, 3.8) is 0 Å². The Bertz CT molecular complexity index is 440. The number of nitrogens with one attached hydrogen (secondary N) is 1. The molecule has 2 rings (SSSR count). The summed E-state index contributed by atoms with van der Waals surface area (Å²) in [6.45, 7) is 0.455. The van der Waals surface area contributed by atoms with E-state index in [-0.39, 0.29) is 30.2 Å². The van der Waals surface area contributed by atoms with E-state index in [2.05, 4.69) is 5.32 Å². The Labute approximate surface area is 125 Å². The van der Waals surface area contributed by atoms with Crippen LogP contribution in [0.15, 0.2) is 18.2 Å². The van der Waals surface area contributed by atoms with E-state index in [1.54, 1.807) is 12.1 Å². The second-order valence-electron chi connectivity index (χ2n) is 4.34. The molecule has 1 aliphatic carbocycles. The Morgan fingerprint density at radius 1 is 1.56 bits per heavy atom. The molecule has 1 amide bonds. The van der Waals surface area contributed by atoms with Gasteiger partial charge in [0.05, 0.1) is 0 Å². The molecule has 1 saturated carbocycles. The summed E-state index contributed by atoms with van der Waals surface area (Å²) in [4.78, 5) is 11.7. The molecule has 0 heterocycles. The second-order valence-corrected chi connectivity index (χ2v) is 5.50. The van der Waals surface area contributed by atoms with Gasteiger partial charge in [-0.1, -0.05) is 0 Å². The van der Waals surface area contributed by atoms with Crippen LogP contribution in [0.5, 0.6) is 0 Å². The average Bonchev–Trinajstić information content (AvgIpc) is 3.13. The number of nitrogens with two attached hydrogens (primary N) is 1. The standard InChI is InChI=1S/C12H14FIN2O.ClH/c13-9-5-8(3-4-10(9)14)12(17)16-6-11(15)7-1-2-7;/h3-5,7,11H,1-2,6,15H2,(H,16,17);1H. The van der Waals surface area contributed by atoms with E-state index in [1.807, 2.05) is 22.6 Å². The molecule has 100 valence electrons. The van der Waals surface area contributed by atoms with Gasteiger partial charge < -0.3 is 11.1 Å². The predicted molar refractivity (Wildman–Crippen MR) is 79.4 cm³/mol. The molecular formula is C12H15ClFIN2O. The van der Waals surface area contributed by atoms with Crippen LogP contribution < -0.4 is 11.1 Å². The minimum absolute atomic E-state index is 0. The lowest BCUT2D eigenvalue weighted by Gasteiger charge is -2.11. The zero-order valence-electron chi connectivity index (χ0n) is 9.66. The lowest BCUT2D eigenvalue weighted by atomic mass is 10.1. The monoisotopic (exact) mass is 384 g/mol. The molecule has 1 fully saturated rings. The fraction of sp³-hybridized carbons (Fsp3) is 0.417. The molecule has 1 aromatic carbocycles. The Hall–Kier alpha value is -0.400. The fourth-order valence-corrected chi connectivity index (χ4v) is 1.98. The van der Waals surface area contributed by atoms with Crippen molar-refractivity contribution >= 4 is 40.9 Å². The zero-order chi connectivity index (χ0) is 12.4. The van der Waals surface area contributed by atoms with Crippen LogP contribution in [-0.4, -0.2) is 18.5 Å². The highest BCUT2D eigenvalue weighted by Crippen LogP contribution is 2.31. The van der Waals surface area contributed by atoms with E-state index in [0.717, 1.165) is 12.8 Å². The van der Waals surface area contributed by atoms with Gasteiger partial charge in [0.15, 0.2) is 0 Å². The highest BCUT2D eigenvalue weighted by molar-refractivity contribution is 14.1. The molecular weight excluding hydrogens is 370 g/mol. The van der Waals surface area contributed by atoms with Crippen molar-refractivity contribution in [2.75, 3.05) is 6.54 Å². The number of benzene rings is 1. The van der Waals surface area contributed by atoms with E-state index >= 15 is 0 Å². The third-order valence-electron chi connectivity index (χ3n) is 2.91. The summed E-state index contributed by atoms with van der Waals surface area (Å²) >= 11 is 1.89. The molecule has 1 aliphatic rings. The van der Waals surface area contributed by atoms with E-state index in [0.29, 0.717) is 21.6 Å². The van der Waals surface area contributed by atoms with Gasteiger partial charge in [-0.2, -0.15) is 0 Å². The molecule has 0 aliphatic heterocycles. The highest BCUT2D eigenvalue weighted by Gasteiger charge is 2.28. The van der Waals surface area contributed by atoms with E-state index in [1.165, 1.54) is 6.07 Å². The Morgan fingerprint density at radius 3 is 2.78 bits per heavy atom. The first-order chi connectivity index (χ1) is 8.08. The quantitative estimate of drug-likeness (QED) is 0.783. The first-order valence-corrected chi connectivity index (χ1v) is 6.64. The number of carbonyl (C=O) groups is 1. The lowest BCUT2D eigenvalue weighted by molar-refractivity contribution is 0.0950. The summed E-state index contributed by atoms with van der Waals surface area (Å²) in [6.07, 6.45) is 2.30. The smallest absolute Gasteiger partial charge is 0.251 e. The number of hydrogen-bond acceptors (Lipinski definition) is 2. The molecule has 0 bridgehead atoms. The zero-order valence-corrected chi connectivity index (χ0v) is 12.6. The molecule has 1 aromatic rings. The highest BCUT2D eigenvalue weighted by atomic mass is 127. The van der Waals surface area contributed by atoms with Crippen molar-refractivity contribution in [3.05, 3.63) is 33.1 Å². The molecule has 18 heavy (non-hydrogen) atoms. The predicted octanol–water partition coefficient (Wildman–Crippen LogP) is 2.32. The van der Waals surface area contributed by atoms with Crippen molar-refractivity contribution in [1.82, 2.24) is 5.32 Å². The molecule has 0 aromatic heterocycles. The third kappa shape index (κ3) is 4.07. The van der Waals surface area contributed by atoms with Crippen LogP contribution in [0.1, 0.15) is 23.2 Å².